The van der Waals surface area contributed by atoms with Crippen LogP contribution >= 0.6 is 28.1 Å². The second-order valence-corrected chi connectivity index (χ2v) is 5.31. The van der Waals surface area contributed by atoms with E-state index in [0.29, 0.717) is 10.8 Å². The van der Waals surface area contributed by atoms with Gasteiger partial charge in [0.15, 0.2) is 5.11 Å². The molecule has 0 radical (unpaired) electrons. The highest BCUT2D eigenvalue weighted by molar-refractivity contribution is 9.10. The topological polar surface area (TPSA) is 33.3 Å². The van der Waals surface area contributed by atoms with Gasteiger partial charge in [0.25, 0.3) is 0 Å². The Hall–Kier alpha value is -1.73. The summed E-state index contributed by atoms with van der Waals surface area (Å²) < 4.78 is 29.3. The molecule has 0 bridgehead atoms. The Balaban J connectivity index is 1.91. The predicted molar refractivity (Wildman–Crippen MR) is 87.1 cm³/mol. The van der Waals surface area contributed by atoms with E-state index < -0.39 is 6.61 Å². The summed E-state index contributed by atoms with van der Waals surface area (Å²) in [6.45, 7) is -2.83. The van der Waals surface area contributed by atoms with Gasteiger partial charge in [-0.1, -0.05) is 15.9 Å². The molecule has 2 aromatic carbocycles. The molecule has 21 heavy (non-hydrogen) atoms. The molecule has 7 heteroatoms. The van der Waals surface area contributed by atoms with Crippen molar-refractivity contribution in [1.29, 1.82) is 0 Å². The monoisotopic (exact) mass is 372 g/mol. The number of hydrogen-bond acceptors (Lipinski definition) is 2. The maximum Gasteiger partial charge on any atom is 0.387 e. The third-order valence-electron chi connectivity index (χ3n) is 2.44. The molecule has 0 spiro atoms. The molecule has 0 saturated heterocycles. The smallest absolute Gasteiger partial charge is 0.387 e. The number of nitrogens with one attached hydrogen (secondary N) is 2. The summed E-state index contributed by atoms with van der Waals surface area (Å²) in [5.74, 6) is 0.0994. The van der Waals surface area contributed by atoms with Crippen LogP contribution in [-0.4, -0.2) is 11.7 Å². The zero-order chi connectivity index (χ0) is 15.2. The second kappa shape index (κ2) is 7.33. The van der Waals surface area contributed by atoms with Crippen molar-refractivity contribution in [3.05, 3.63) is 53.0 Å². The predicted octanol–water partition coefficient (Wildman–Crippen LogP) is 4.86. The molecule has 2 rings (SSSR count). The van der Waals surface area contributed by atoms with Gasteiger partial charge < -0.3 is 15.4 Å². The number of thiocarbonyl (C=S) groups is 1. The second-order valence-electron chi connectivity index (χ2n) is 3.99. The van der Waals surface area contributed by atoms with Crippen LogP contribution in [0.5, 0.6) is 5.75 Å². The Morgan fingerprint density at radius 3 is 1.90 bits per heavy atom. The molecule has 0 aromatic heterocycles. The Bertz CT molecular complexity index is 605. The van der Waals surface area contributed by atoms with Gasteiger partial charge in [0.1, 0.15) is 5.75 Å². The van der Waals surface area contributed by atoms with Gasteiger partial charge in [-0.2, -0.15) is 8.78 Å². The van der Waals surface area contributed by atoms with Gasteiger partial charge >= 0.3 is 6.61 Å². The first-order valence-corrected chi connectivity index (χ1v) is 7.11. The van der Waals surface area contributed by atoms with Gasteiger partial charge in [0, 0.05) is 15.8 Å². The van der Waals surface area contributed by atoms with Gasteiger partial charge in [0.2, 0.25) is 0 Å². The van der Waals surface area contributed by atoms with Crippen LogP contribution in [0.15, 0.2) is 53.0 Å². The largest absolute Gasteiger partial charge is 0.435 e. The van der Waals surface area contributed by atoms with Crippen LogP contribution in [0.2, 0.25) is 0 Å². The van der Waals surface area contributed by atoms with Crippen LogP contribution < -0.4 is 15.4 Å². The third-order valence-corrected chi connectivity index (χ3v) is 3.17. The number of ether oxygens (including phenoxy) is 1. The number of alkyl halides is 2. The maximum atomic E-state index is 12.0. The molecule has 0 saturated carbocycles. The highest BCUT2D eigenvalue weighted by Gasteiger charge is 2.04. The average Bonchev–Trinajstić information content (AvgIpc) is 2.43. The first-order chi connectivity index (χ1) is 10.0. The molecular weight excluding hydrogens is 362 g/mol. The van der Waals surface area contributed by atoms with Gasteiger partial charge in [-0.05, 0) is 60.7 Å². The Labute approximate surface area is 134 Å². The molecule has 2 aromatic rings. The first kappa shape index (κ1) is 15.7. The van der Waals surface area contributed by atoms with E-state index in [1.165, 1.54) is 12.1 Å². The first-order valence-electron chi connectivity index (χ1n) is 5.91. The maximum absolute atomic E-state index is 12.0. The summed E-state index contributed by atoms with van der Waals surface area (Å²) in [6, 6.07) is 13.6. The van der Waals surface area contributed by atoms with Gasteiger partial charge in [-0.25, -0.2) is 0 Å². The third kappa shape index (κ3) is 5.28. The van der Waals surface area contributed by atoms with E-state index >= 15 is 0 Å². The summed E-state index contributed by atoms with van der Waals surface area (Å²) in [6.07, 6.45) is 0. The molecule has 110 valence electrons. The van der Waals surface area contributed by atoms with Gasteiger partial charge in [0.05, 0.1) is 0 Å². The minimum Gasteiger partial charge on any atom is -0.435 e. The van der Waals surface area contributed by atoms with Crippen molar-refractivity contribution in [3.63, 3.8) is 0 Å². The van der Waals surface area contributed by atoms with Crippen molar-refractivity contribution < 1.29 is 13.5 Å². The minimum atomic E-state index is -2.83. The molecule has 2 N–H and O–H groups in total. The van der Waals surface area contributed by atoms with Crippen LogP contribution in [0.4, 0.5) is 20.2 Å². The quantitative estimate of drug-likeness (QED) is 0.750. The summed E-state index contributed by atoms with van der Waals surface area (Å²) in [7, 11) is 0. The summed E-state index contributed by atoms with van der Waals surface area (Å²) in [5.41, 5.74) is 1.51. The molecule has 0 unspecified atom stereocenters. The fourth-order valence-corrected chi connectivity index (χ4v) is 2.05. The van der Waals surface area contributed by atoms with Gasteiger partial charge in [-0.3, -0.25) is 0 Å². The minimum absolute atomic E-state index is 0.0994. The van der Waals surface area contributed by atoms with E-state index in [2.05, 4.69) is 31.3 Å². The fraction of sp³-hybridized carbons (Fsp3) is 0.0714. The lowest BCUT2D eigenvalue weighted by Crippen LogP contribution is -2.18. The Morgan fingerprint density at radius 1 is 0.952 bits per heavy atom. The number of rotatable bonds is 4. The highest BCUT2D eigenvalue weighted by Crippen LogP contribution is 2.18. The van der Waals surface area contributed by atoms with Crippen LogP contribution in [0.1, 0.15) is 0 Å². The van der Waals surface area contributed by atoms with Gasteiger partial charge in [-0.15, -0.1) is 0 Å². The van der Waals surface area contributed by atoms with Crippen LogP contribution in [0, 0.1) is 0 Å². The molecule has 0 aliphatic carbocycles. The summed E-state index contributed by atoms with van der Waals surface area (Å²) in [4.78, 5) is 0. The molecule has 0 aliphatic heterocycles. The summed E-state index contributed by atoms with van der Waals surface area (Å²) in [5, 5.41) is 6.37. The number of anilines is 2. The van der Waals surface area contributed by atoms with Crippen molar-refractivity contribution in [1.82, 2.24) is 0 Å². The molecule has 3 nitrogen and oxygen atoms in total. The lowest BCUT2D eigenvalue weighted by atomic mass is 10.3. The highest BCUT2D eigenvalue weighted by atomic mass is 79.9. The van der Waals surface area contributed by atoms with E-state index in [1.54, 1.807) is 12.1 Å². The molecule has 0 atom stereocenters. The van der Waals surface area contributed by atoms with Crippen molar-refractivity contribution in [3.8, 4) is 5.75 Å². The lowest BCUT2D eigenvalue weighted by molar-refractivity contribution is -0.0498. The average molecular weight is 373 g/mol. The number of halogens is 3. The zero-order valence-corrected chi connectivity index (χ0v) is 13.0. The standard InChI is InChI=1S/C14H11BrF2N2OS/c15-9-1-3-10(4-2-9)18-14(21)19-11-5-7-12(8-6-11)20-13(16)17/h1-8,13H,(H2,18,19,21). The number of hydrogen-bond donors (Lipinski definition) is 2. The molecule has 0 aliphatic rings. The van der Waals surface area contributed by atoms with Crippen molar-refractivity contribution in [2.24, 2.45) is 0 Å². The molecular formula is C14H11BrF2N2OS. The van der Waals surface area contributed by atoms with E-state index in [1.807, 2.05) is 24.3 Å². The van der Waals surface area contributed by atoms with E-state index in [9.17, 15) is 8.78 Å². The van der Waals surface area contributed by atoms with Crippen LogP contribution in [0.3, 0.4) is 0 Å². The molecule has 0 fully saturated rings. The summed E-state index contributed by atoms with van der Waals surface area (Å²) >= 11 is 8.52. The lowest BCUT2D eigenvalue weighted by Gasteiger charge is -2.11. The molecule has 0 amide bonds. The Morgan fingerprint density at radius 2 is 1.43 bits per heavy atom. The van der Waals surface area contributed by atoms with E-state index in [0.717, 1.165) is 10.2 Å². The SMILES string of the molecule is FC(F)Oc1ccc(NC(=S)Nc2ccc(Br)cc2)cc1. The van der Waals surface area contributed by atoms with Crippen LogP contribution in [-0.2, 0) is 0 Å². The van der Waals surface area contributed by atoms with Crippen molar-refractivity contribution in [2.45, 2.75) is 6.61 Å². The normalized spacial score (nSPS) is 10.3. The Kier molecular flexibility index (Phi) is 5.46. The zero-order valence-electron chi connectivity index (χ0n) is 10.6. The fourth-order valence-electron chi connectivity index (χ4n) is 1.55. The van der Waals surface area contributed by atoms with E-state index in [4.69, 9.17) is 12.2 Å². The van der Waals surface area contributed by atoms with Crippen LogP contribution in [0.25, 0.3) is 0 Å². The van der Waals surface area contributed by atoms with E-state index in [-0.39, 0.29) is 5.75 Å². The van der Waals surface area contributed by atoms with Crippen molar-refractivity contribution in [2.75, 3.05) is 10.6 Å². The number of benzene rings is 2. The van der Waals surface area contributed by atoms with Crippen molar-refractivity contribution >= 4 is 44.6 Å². The molecule has 0 heterocycles.